The summed E-state index contributed by atoms with van der Waals surface area (Å²) in [7, 11) is 0. The number of para-hydroxylation sites is 1. The van der Waals surface area contributed by atoms with Crippen LogP contribution in [0.1, 0.15) is 6.42 Å². The molecule has 0 bridgehead atoms. The molecule has 1 unspecified atom stereocenters. The summed E-state index contributed by atoms with van der Waals surface area (Å²) in [4.78, 5) is 31.2. The predicted octanol–water partition coefficient (Wildman–Crippen LogP) is 4.49. The van der Waals surface area contributed by atoms with Gasteiger partial charge in [-0.05, 0) is 36.4 Å². The van der Waals surface area contributed by atoms with E-state index in [1.165, 1.54) is 11.8 Å². The standard InChI is InChI=1S/C20H18ClN3O2S/c1-2-12-24-19(26)17(27-20(24)23-15-6-4-3-5-7-15)13-18(25)22-16-10-8-14(21)9-11-16/h2-11,17H,1,12-13H2,(H,22,25). The molecule has 0 radical (unpaired) electrons. The van der Waals surface area contributed by atoms with Crippen LogP contribution in [-0.2, 0) is 9.59 Å². The number of halogens is 1. The maximum atomic E-state index is 12.7. The van der Waals surface area contributed by atoms with Gasteiger partial charge in [-0.3, -0.25) is 14.5 Å². The number of carbonyl (C=O) groups excluding carboxylic acids is 2. The van der Waals surface area contributed by atoms with Gasteiger partial charge in [-0.2, -0.15) is 0 Å². The lowest BCUT2D eigenvalue weighted by atomic mass is 10.2. The van der Waals surface area contributed by atoms with Gasteiger partial charge in [0.05, 0.1) is 5.69 Å². The molecule has 1 heterocycles. The Bertz CT molecular complexity index is 869. The maximum absolute atomic E-state index is 12.7. The number of nitrogens with zero attached hydrogens (tertiary/aromatic N) is 2. The van der Waals surface area contributed by atoms with Crippen molar-refractivity contribution in [1.82, 2.24) is 4.90 Å². The first-order valence-electron chi connectivity index (χ1n) is 8.35. The van der Waals surface area contributed by atoms with Gasteiger partial charge < -0.3 is 5.32 Å². The minimum absolute atomic E-state index is 0.0631. The molecular formula is C20H18ClN3O2S. The Morgan fingerprint density at radius 2 is 1.93 bits per heavy atom. The van der Waals surface area contributed by atoms with E-state index in [-0.39, 0.29) is 18.2 Å². The number of amides is 2. The predicted molar refractivity (Wildman–Crippen MR) is 112 cm³/mol. The minimum atomic E-state index is -0.514. The van der Waals surface area contributed by atoms with Crippen LogP contribution in [0.3, 0.4) is 0 Å². The molecule has 2 aromatic rings. The smallest absolute Gasteiger partial charge is 0.242 e. The molecule has 1 N–H and O–H groups in total. The van der Waals surface area contributed by atoms with Crippen LogP contribution in [0.2, 0.25) is 5.02 Å². The Hall–Kier alpha value is -2.57. The van der Waals surface area contributed by atoms with Gasteiger partial charge in [-0.25, -0.2) is 4.99 Å². The van der Waals surface area contributed by atoms with Crippen LogP contribution in [0.4, 0.5) is 11.4 Å². The van der Waals surface area contributed by atoms with Gasteiger partial charge in [0.15, 0.2) is 5.17 Å². The van der Waals surface area contributed by atoms with Gasteiger partial charge in [-0.15, -0.1) is 6.58 Å². The van der Waals surface area contributed by atoms with Gasteiger partial charge in [0.2, 0.25) is 11.8 Å². The molecule has 2 aromatic carbocycles. The second-order valence-corrected chi connectivity index (χ2v) is 7.44. The fourth-order valence-electron chi connectivity index (χ4n) is 2.55. The molecule has 138 valence electrons. The van der Waals surface area contributed by atoms with E-state index in [0.717, 1.165) is 5.69 Å². The van der Waals surface area contributed by atoms with Gasteiger partial charge in [-0.1, -0.05) is 47.6 Å². The summed E-state index contributed by atoms with van der Waals surface area (Å²) in [5.41, 5.74) is 1.40. The molecule has 1 atom stereocenters. The van der Waals surface area contributed by atoms with Crippen molar-refractivity contribution in [2.75, 3.05) is 11.9 Å². The molecule has 0 saturated carbocycles. The van der Waals surface area contributed by atoms with Crippen molar-refractivity contribution in [2.45, 2.75) is 11.7 Å². The molecule has 0 aromatic heterocycles. The summed E-state index contributed by atoms with van der Waals surface area (Å²) in [5.74, 6) is -0.372. The second kappa shape index (κ2) is 8.88. The number of aliphatic imine (C=N–C) groups is 1. The first kappa shape index (κ1) is 19.2. The van der Waals surface area contributed by atoms with Crippen molar-refractivity contribution in [1.29, 1.82) is 0 Å². The van der Waals surface area contributed by atoms with E-state index in [1.807, 2.05) is 30.3 Å². The number of benzene rings is 2. The highest BCUT2D eigenvalue weighted by molar-refractivity contribution is 8.15. The molecule has 3 rings (SSSR count). The summed E-state index contributed by atoms with van der Waals surface area (Å²) in [5, 5.41) is 3.45. The van der Waals surface area contributed by atoms with E-state index >= 15 is 0 Å². The van der Waals surface area contributed by atoms with Gasteiger partial charge in [0.1, 0.15) is 5.25 Å². The van der Waals surface area contributed by atoms with Crippen molar-refractivity contribution < 1.29 is 9.59 Å². The molecule has 27 heavy (non-hydrogen) atoms. The average Bonchev–Trinajstić information content (AvgIpc) is 2.93. The second-order valence-electron chi connectivity index (χ2n) is 5.83. The number of anilines is 1. The third-order valence-corrected chi connectivity index (χ3v) is 5.24. The number of hydrogen-bond donors (Lipinski definition) is 1. The zero-order valence-electron chi connectivity index (χ0n) is 14.5. The number of rotatable bonds is 6. The Kier molecular flexibility index (Phi) is 6.32. The third-order valence-electron chi connectivity index (χ3n) is 3.81. The van der Waals surface area contributed by atoms with Crippen LogP contribution in [0.5, 0.6) is 0 Å². The number of nitrogens with one attached hydrogen (secondary N) is 1. The maximum Gasteiger partial charge on any atom is 0.242 e. The largest absolute Gasteiger partial charge is 0.326 e. The number of hydrogen-bond acceptors (Lipinski definition) is 4. The van der Waals surface area contributed by atoms with Crippen molar-refractivity contribution in [3.05, 3.63) is 72.3 Å². The number of amidine groups is 1. The highest BCUT2D eigenvalue weighted by Gasteiger charge is 2.38. The van der Waals surface area contributed by atoms with Gasteiger partial charge >= 0.3 is 0 Å². The first-order chi connectivity index (χ1) is 13.1. The summed E-state index contributed by atoms with van der Waals surface area (Å²) >= 11 is 7.15. The summed E-state index contributed by atoms with van der Waals surface area (Å²) in [6.07, 6.45) is 1.71. The Morgan fingerprint density at radius 3 is 2.59 bits per heavy atom. The van der Waals surface area contributed by atoms with Crippen molar-refractivity contribution in [2.24, 2.45) is 4.99 Å². The van der Waals surface area contributed by atoms with Crippen LogP contribution in [0, 0.1) is 0 Å². The topological polar surface area (TPSA) is 61.8 Å². The van der Waals surface area contributed by atoms with Crippen LogP contribution >= 0.6 is 23.4 Å². The molecule has 1 aliphatic rings. The lowest BCUT2D eigenvalue weighted by molar-refractivity contribution is -0.127. The van der Waals surface area contributed by atoms with E-state index in [0.29, 0.717) is 22.4 Å². The van der Waals surface area contributed by atoms with Gasteiger partial charge in [0, 0.05) is 23.7 Å². The molecule has 0 aliphatic carbocycles. The summed E-state index contributed by atoms with van der Waals surface area (Å²) in [6.45, 7) is 4.05. The fourth-order valence-corrected chi connectivity index (χ4v) is 3.84. The Morgan fingerprint density at radius 1 is 1.22 bits per heavy atom. The van der Waals surface area contributed by atoms with Crippen molar-refractivity contribution >= 4 is 51.7 Å². The highest BCUT2D eigenvalue weighted by Crippen LogP contribution is 2.31. The lowest BCUT2D eigenvalue weighted by Crippen LogP contribution is -2.33. The zero-order valence-corrected chi connectivity index (χ0v) is 16.0. The molecule has 1 aliphatic heterocycles. The molecule has 0 spiro atoms. The molecular weight excluding hydrogens is 382 g/mol. The van der Waals surface area contributed by atoms with E-state index in [2.05, 4.69) is 16.9 Å². The van der Waals surface area contributed by atoms with Crippen LogP contribution in [0.15, 0.2) is 72.2 Å². The molecule has 5 nitrogen and oxygen atoms in total. The third kappa shape index (κ3) is 4.99. The molecule has 7 heteroatoms. The van der Waals surface area contributed by atoms with Crippen LogP contribution in [0.25, 0.3) is 0 Å². The van der Waals surface area contributed by atoms with E-state index in [9.17, 15) is 9.59 Å². The van der Waals surface area contributed by atoms with Gasteiger partial charge in [0.25, 0.3) is 0 Å². The number of carbonyl (C=O) groups is 2. The Labute approximate surface area is 167 Å². The average molecular weight is 400 g/mol. The number of thioether (sulfide) groups is 1. The monoisotopic (exact) mass is 399 g/mol. The van der Waals surface area contributed by atoms with Crippen LogP contribution < -0.4 is 5.32 Å². The Balaban J connectivity index is 1.71. The minimum Gasteiger partial charge on any atom is -0.326 e. The molecule has 2 amide bonds. The van der Waals surface area contributed by atoms with E-state index < -0.39 is 5.25 Å². The zero-order chi connectivity index (χ0) is 19.2. The quantitative estimate of drug-likeness (QED) is 0.728. The van der Waals surface area contributed by atoms with Crippen molar-refractivity contribution in [3.8, 4) is 0 Å². The summed E-state index contributed by atoms with van der Waals surface area (Å²) in [6, 6.07) is 16.2. The normalized spacial score (nSPS) is 18.0. The van der Waals surface area contributed by atoms with E-state index in [4.69, 9.17) is 11.6 Å². The first-order valence-corrected chi connectivity index (χ1v) is 9.60. The van der Waals surface area contributed by atoms with Crippen LogP contribution in [-0.4, -0.2) is 33.7 Å². The highest BCUT2D eigenvalue weighted by atomic mass is 35.5. The fraction of sp³-hybridized carbons (Fsp3) is 0.150. The molecule has 1 fully saturated rings. The molecule has 1 saturated heterocycles. The summed E-state index contributed by atoms with van der Waals surface area (Å²) < 4.78 is 0. The van der Waals surface area contributed by atoms with Crippen molar-refractivity contribution in [3.63, 3.8) is 0 Å². The lowest BCUT2D eigenvalue weighted by Gasteiger charge is -2.13. The SMILES string of the molecule is C=CCN1C(=O)C(CC(=O)Nc2ccc(Cl)cc2)SC1=Nc1ccccc1. The van der Waals surface area contributed by atoms with E-state index in [1.54, 1.807) is 35.2 Å².